The first-order valence-electron chi connectivity index (χ1n) is 10.8. The first-order chi connectivity index (χ1) is 16.8. The number of halogens is 6. The van der Waals surface area contributed by atoms with Gasteiger partial charge in [-0.05, 0) is 53.6 Å². The molecule has 0 unspecified atom stereocenters. The average molecular weight is 530 g/mol. The van der Waals surface area contributed by atoms with E-state index in [9.17, 15) is 34.8 Å². The van der Waals surface area contributed by atoms with Crippen LogP contribution in [0.15, 0.2) is 71.6 Å². The van der Waals surface area contributed by atoms with E-state index in [1.54, 1.807) is 4.90 Å². The van der Waals surface area contributed by atoms with Crippen LogP contribution >= 0.6 is 0 Å². The Morgan fingerprint density at radius 2 is 1.22 bits per heavy atom. The van der Waals surface area contributed by atoms with Crippen LogP contribution in [-0.4, -0.2) is 34.6 Å². The first kappa shape index (κ1) is 25.8. The van der Waals surface area contributed by atoms with Crippen molar-refractivity contribution in [2.24, 2.45) is 0 Å². The molecule has 0 saturated carbocycles. The van der Waals surface area contributed by atoms with Gasteiger partial charge in [0.05, 0.1) is 27.4 Å². The van der Waals surface area contributed by atoms with Gasteiger partial charge in [-0.2, -0.15) is 26.3 Å². The lowest BCUT2D eigenvalue weighted by Gasteiger charge is -2.31. The molecule has 0 aliphatic carbocycles. The van der Waals surface area contributed by atoms with Crippen molar-refractivity contribution >= 4 is 21.4 Å². The van der Waals surface area contributed by atoms with E-state index in [4.69, 9.17) is 0 Å². The number of nitrogens with one attached hydrogen (secondary N) is 2. The van der Waals surface area contributed by atoms with Crippen LogP contribution < -0.4 is 14.9 Å². The number of anilines is 2. The maximum absolute atomic E-state index is 13.3. The Bertz CT molecular complexity index is 1320. The largest absolute Gasteiger partial charge is 0.416 e. The third kappa shape index (κ3) is 5.76. The molecule has 5 nitrogen and oxygen atoms in total. The van der Waals surface area contributed by atoms with Gasteiger partial charge in [0.25, 0.3) is 10.0 Å². The molecule has 3 aromatic carbocycles. The normalized spacial score (nSPS) is 15.1. The molecule has 2 N–H and O–H groups in total. The van der Waals surface area contributed by atoms with Crippen LogP contribution in [0.25, 0.3) is 11.1 Å². The summed E-state index contributed by atoms with van der Waals surface area (Å²) in [6.07, 6.45) is -9.14. The summed E-state index contributed by atoms with van der Waals surface area (Å²) in [6, 6.07) is 12.6. The molecular weight excluding hydrogens is 508 g/mol. The van der Waals surface area contributed by atoms with Gasteiger partial charge < -0.3 is 10.2 Å². The van der Waals surface area contributed by atoms with Gasteiger partial charge in [0.2, 0.25) is 0 Å². The SMILES string of the molecule is O=S(=O)(Nc1cc(C(F)(F)F)ccc1N1CCNCC1)c1ccc(-c2ccc(C(F)(F)F)cc2)cc1. The maximum atomic E-state index is 13.3. The highest BCUT2D eigenvalue weighted by Crippen LogP contribution is 2.37. The van der Waals surface area contributed by atoms with E-state index >= 15 is 0 Å². The Morgan fingerprint density at radius 1 is 0.722 bits per heavy atom. The molecule has 1 saturated heterocycles. The Hall–Kier alpha value is -3.25. The van der Waals surface area contributed by atoms with Crippen molar-refractivity contribution in [2.45, 2.75) is 17.2 Å². The second-order valence-electron chi connectivity index (χ2n) is 8.17. The minimum absolute atomic E-state index is 0.196. The van der Waals surface area contributed by atoms with Gasteiger partial charge in [-0.3, -0.25) is 4.72 Å². The highest BCUT2D eigenvalue weighted by atomic mass is 32.2. The molecule has 36 heavy (non-hydrogen) atoms. The first-order valence-corrected chi connectivity index (χ1v) is 12.3. The molecular formula is C24H21F6N3O2S. The molecule has 3 aromatic rings. The molecule has 0 bridgehead atoms. The van der Waals surface area contributed by atoms with Crippen molar-refractivity contribution in [1.29, 1.82) is 0 Å². The fraction of sp³-hybridized carbons (Fsp3) is 0.250. The number of nitrogens with zero attached hydrogens (tertiary/aromatic N) is 1. The molecule has 0 aromatic heterocycles. The zero-order chi connectivity index (χ0) is 26.1. The molecule has 12 heteroatoms. The van der Waals surface area contributed by atoms with Crippen molar-refractivity contribution < 1.29 is 34.8 Å². The van der Waals surface area contributed by atoms with Crippen LogP contribution in [0.3, 0.4) is 0 Å². The molecule has 0 radical (unpaired) electrons. The van der Waals surface area contributed by atoms with Crippen LogP contribution in [0.1, 0.15) is 11.1 Å². The van der Waals surface area contributed by atoms with Crippen molar-refractivity contribution in [3.63, 3.8) is 0 Å². The highest BCUT2D eigenvalue weighted by molar-refractivity contribution is 7.92. The van der Waals surface area contributed by atoms with Crippen LogP contribution in [0, 0.1) is 0 Å². The van der Waals surface area contributed by atoms with Crippen LogP contribution in [-0.2, 0) is 22.4 Å². The van der Waals surface area contributed by atoms with E-state index in [-0.39, 0.29) is 10.6 Å². The molecule has 1 aliphatic heterocycles. The monoisotopic (exact) mass is 529 g/mol. The Morgan fingerprint density at radius 3 is 1.75 bits per heavy atom. The van der Waals surface area contributed by atoms with E-state index in [1.165, 1.54) is 42.5 Å². The minimum atomic E-state index is -4.66. The van der Waals surface area contributed by atoms with Crippen LogP contribution in [0.2, 0.25) is 0 Å². The number of hydrogen-bond acceptors (Lipinski definition) is 4. The molecule has 1 fully saturated rings. The van der Waals surface area contributed by atoms with Crippen molar-refractivity contribution in [1.82, 2.24) is 5.32 Å². The lowest BCUT2D eigenvalue weighted by molar-refractivity contribution is -0.138. The molecule has 0 atom stereocenters. The van der Waals surface area contributed by atoms with E-state index in [1.807, 2.05) is 0 Å². The van der Waals surface area contributed by atoms with Gasteiger partial charge in [0.1, 0.15) is 0 Å². The lowest BCUT2D eigenvalue weighted by Crippen LogP contribution is -2.43. The second-order valence-corrected chi connectivity index (χ2v) is 9.85. The van der Waals surface area contributed by atoms with E-state index in [2.05, 4.69) is 10.0 Å². The summed E-state index contributed by atoms with van der Waals surface area (Å²) in [6.45, 7) is 2.17. The predicted octanol–water partition coefficient (Wildman–Crippen LogP) is 5.60. The average Bonchev–Trinajstić information content (AvgIpc) is 2.83. The summed E-state index contributed by atoms with van der Waals surface area (Å²) in [5, 5.41) is 3.13. The third-order valence-electron chi connectivity index (χ3n) is 5.74. The lowest BCUT2D eigenvalue weighted by atomic mass is 10.0. The van der Waals surface area contributed by atoms with E-state index in [0.717, 1.165) is 24.3 Å². The molecule has 1 aliphatic rings. The summed E-state index contributed by atoms with van der Waals surface area (Å²) in [7, 11) is -4.27. The van der Waals surface area contributed by atoms with Crippen molar-refractivity contribution in [3.8, 4) is 11.1 Å². The van der Waals surface area contributed by atoms with E-state index in [0.29, 0.717) is 43.0 Å². The zero-order valence-corrected chi connectivity index (χ0v) is 19.4. The van der Waals surface area contributed by atoms with Gasteiger partial charge in [0, 0.05) is 26.2 Å². The van der Waals surface area contributed by atoms with Gasteiger partial charge in [-0.1, -0.05) is 24.3 Å². The van der Waals surface area contributed by atoms with Gasteiger partial charge in [-0.15, -0.1) is 0 Å². The fourth-order valence-corrected chi connectivity index (χ4v) is 4.92. The van der Waals surface area contributed by atoms with Crippen molar-refractivity contribution in [2.75, 3.05) is 35.8 Å². The highest BCUT2D eigenvalue weighted by Gasteiger charge is 2.32. The summed E-state index contributed by atoms with van der Waals surface area (Å²) >= 11 is 0. The molecule has 192 valence electrons. The fourth-order valence-electron chi connectivity index (χ4n) is 3.86. The Kier molecular flexibility index (Phi) is 6.93. The number of rotatable bonds is 5. The number of hydrogen-bond donors (Lipinski definition) is 2. The van der Waals surface area contributed by atoms with Gasteiger partial charge in [0.15, 0.2) is 0 Å². The Labute approximate surface area is 203 Å². The van der Waals surface area contributed by atoms with Gasteiger partial charge >= 0.3 is 12.4 Å². The minimum Gasteiger partial charge on any atom is -0.367 e. The zero-order valence-electron chi connectivity index (χ0n) is 18.6. The topological polar surface area (TPSA) is 61.4 Å². The molecule has 4 rings (SSSR count). The standard InChI is InChI=1S/C24H21F6N3O2S/c25-23(26,27)18-5-1-16(2-6-18)17-3-8-20(9-4-17)36(34,35)32-21-15-19(24(28,29)30)7-10-22(21)33-13-11-31-12-14-33/h1-10,15,31-32H,11-14H2. The van der Waals surface area contributed by atoms with Crippen LogP contribution in [0.4, 0.5) is 37.7 Å². The molecule has 0 amide bonds. The van der Waals surface area contributed by atoms with E-state index < -0.39 is 33.5 Å². The van der Waals surface area contributed by atoms with Crippen molar-refractivity contribution in [3.05, 3.63) is 77.9 Å². The maximum Gasteiger partial charge on any atom is 0.416 e. The summed E-state index contributed by atoms with van der Waals surface area (Å²) in [4.78, 5) is 1.59. The number of alkyl halides is 6. The number of benzene rings is 3. The summed E-state index contributed by atoms with van der Waals surface area (Å²) in [5.41, 5.74) is -0.747. The summed E-state index contributed by atoms with van der Waals surface area (Å²) in [5.74, 6) is 0. The van der Waals surface area contributed by atoms with Gasteiger partial charge in [-0.25, -0.2) is 8.42 Å². The number of sulfonamides is 1. The quantitative estimate of drug-likeness (QED) is 0.423. The predicted molar refractivity (Wildman–Crippen MR) is 124 cm³/mol. The third-order valence-corrected chi connectivity index (χ3v) is 7.12. The molecule has 0 spiro atoms. The molecule has 1 heterocycles. The smallest absolute Gasteiger partial charge is 0.367 e. The second kappa shape index (κ2) is 9.66. The summed E-state index contributed by atoms with van der Waals surface area (Å²) < 4.78 is 107. The number of piperazine rings is 1. The Balaban J connectivity index is 1.62. The van der Waals surface area contributed by atoms with Crippen LogP contribution in [0.5, 0.6) is 0 Å².